The fourth-order valence-electron chi connectivity index (χ4n) is 1.06. The summed E-state index contributed by atoms with van der Waals surface area (Å²) in [5.74, 6) is 0.191. The normalized spacial score (nSPS) is 9.93. The van der Waals surface area contributed by atoms with E-state index in [2.05, 4.69) is 6.58 Å². The van der Waals surface area contributed by atoms with E-state index in [1.54, 1.807) is 24.3 Å². The van der Waals surface area contributed by atoms with Gasteiger partial charge in [0.25, 0.3) is 0 Å². The van der Waals surface area contributed by atoms with Crippen LogP contribution in [0.4, 0.5) is 4.39 Å². The molecular weight excluding hydrogens is 211 g/mol. The van der Waals surface area contributed by atoms with Gasteiger partial charge in [-0.3, -0.25) is 4.79 Å². The molecule has 1 aromatic carbocycles. The van der Waals surface area contributed by atoms with E-state index in [-0.39, 0.29) is 11.6 Å². The number of ketones is 1. The number of thioether (sulfide) groups is 1. The number of rotatable bonds is 6. The molecule has 0 aromatic heterocycles. The van der Waals surface area contributed by atoms with E-state index < -0.39 is 0 Å². The lowest BCUT2D eigenvalue weighted by molar-refractivity contribution is -0.116. The summed E-state index contributed by atoms with van der Waals surface area (Å²) in [5.41, 5.74) is 0. The third-order valence-corrected chi connectivity index (χ3v) is 2.96. The number of allylic oxidation sites excluding steroid dienone is 1. The van der Waals surface area contributed by atoms with Gasteiger partial charge in [-0.05, 0) is 18.6 Å². The Hall–Kier alpha value is -1.09. The average Bonchev–Trinajstić information content (AvgIpc) is 2.25. The van der Waals surface area contributed by atoms with Crippen molar-refractivity contribution in [3.8, 4) is 0 Å². The summed E-state index contributed by atoms with van der Waals surface area (Å²) in [5, 5.41) is 0. The Bertz CT molecular complexity index is 349. The van der Waals surface area contributed by atoms with Crippen LogP contribution in [0, 0.1) is 5.82 Å². The molecule has 0 saturated carbocycles. The fourth-order valence-corrected chi connectivity index (χ4v) is 1.90. The van der Waals surface area contributed by atoms with Crippen molar-refractivity contribution in [1.29, 1.82) is 0 Å². The Labute approximate surface area is 93.4 Å². The van der Waals surface area contributed by atoms with Crippen LogP contribution in [0.3, 0.4) is 0 Å². The molecule has 1 nitrogen and oxygen atoms in total. The van der Waals surface area contributed by atoms with Crippen molar-refractivity contribution in [1.82, 2.24) is 0 Å². The van der Waals surface area contributed by atoms with Crippen LogP contribution < -0.4 is 0 Å². The van der Waals surface area contributed by atoms with E-state index >= 15 is 0 Å². The lowest BCUT2D eigenvalue weighted by Gasteiger charge is -2.01. The highest BCUT2D eigenvalue weighted by atomic mass is 32.2. The highest BCUT2D eigenvalue weighted by molar-refractivity contribution is 8.00. The molecule has 1 rings (SSSR count). The molecule has 1 aromatic rings. The van der Waals surface area contributed by atoms with Crippen LogP contribution >= 0.6 is 11.8 Å². The molecule has 0 unspecified atom stereocenters. The third-order valence-electron chi connectivity index (χ3n) is 1.85. The van der Waals surface area contributed by atoms with Crippen molar-refractivity contribution < 1.29 is 9.18 Å². The Balaban J connectivity index is 2.40. The van der Waals surface area contributed by atoms with Crippen molar-refractivity contribution in [2.75, 3.05) is 5.75 Å². The topological polar surface area (TPSA) is 17.1 Å². The molecule has 0 heterocycles. The van der Waals surface area contributed by atoms with Gasteiger partial charge in [-0.2, -0.15) is 0 Å². The fraction of sp³-hybridized carbons (Fsp3) is 0.250. The average molecular weight is 224 g/mol. The summed E-state index contributed by atoms with van der Waals surface area (Å²) < 4.78 is 13.1. The highest BCUT2D eigenvalue weighted by Crippen LogP contribution is 2.21. The minimum absolute atomic E-state index is 0.128. The van der Waals surface area contributed by atoms with Crippen molar-refractivity contribution in [3.63, 3.8) is 0 Å². The third kappa shape index (κ3) is 4.30. The minimum atomic E-state index is -0.265. The Morgan fingerprint density at radius 2 is 2.20 bits per heavy atom. The first-order valence-corrected chi connectivity index (χ1v) is 5.72. The van der Waals surface area contributed by atoms with Crippen LogP contribution in [-0.4, -0.2) is 11.5 Å². The van der Waals surface area contributed by atoms with Gasteiger partial charge in [0.2, 0.25) is 0 Å². The summed E-state index contributed by atoms with van der Waals surface area (Å²) in [7, 11) is 0. The van der Waals surface area contributed by atoms with E-state index in [9.17, 15) is 9.18 Å². The van der Waals surface area contributed by atoms with Gasteiger partial charge >= 0.3 is 0 Å². The molecule has 0 atom stereocenters. The number of carbonyl (C=O) groups excluding carboxylic acids is 1. The number of Topliss-reactive ketones (excluding diaryl/α,β-unsaturated/α-hetero) is 1. The highest BCUT2D eigenvalue weighted by Gasteiger charge is 2.05. The minimum Gasteiger partial charge on any atom is -0.299 e. The Morgan fingerprint density at radius 3 is 2.87 bits per heavy atom. The van der Waals surface area contributed by atoms with E-state index in [4.69, 9.17) is 0 Å². The zero-order chi connectivity index (χ0) is 11.1. The standard InChI is InChI=1S/C12H13FOS/c1-2-3-6-10(14)9-15-12-8-5-4-7-11(12)13/h2,4-5,7-8H,1,3,6,9H2. The van der Waals surface area contributed by atoms with Gasteiger partial charge in [-0.15, -0.1) is 18.3 Å². The molecular formula is C12H13FOS. The molecule has 3 heteroatoms. The van der Waals surface area contributed by atoms with Crippen LogP contribution in [0.1, 0.15) is 12.8 Å². The van der Waals surface area contributed by atoms with Crippen LogP contribution in [0.2, 0.25) is 0 Å². The van der Waals surface area contributed by atoms with Gasteiger partial charge in [0.1, 0.15) is 11.6 Å². The maximum Gasteiger partial charge on any atom is 0.143 e. The monoisotopic (exact) mass is 224 g/mol. The molecule has 0 aliphatic heterocycles. The van der Waals surface area contributed by atoms with Crippen LogP contribution in [0.5, 0.6) is 0 Å². The summed E-state index contributed by atoms with van der Waals surface area (Å²) in [4.78, 5) is 11.8. The number of carbonyl (C=O) groups is 1. The first-order valence-electron chi connectivity index (χ1n) is 4.74. The smallest absolute Gasteiger partial charge is 0.143 e. The molecule has 0 bridgehead atoms. The lowest BCUT2D eigenvalue weighted by atomic mass is 10.2. The molecule has 0 saturated heterocycles. The Kier molecular flexibility index (Phi) is 5.12. The molecule has 80 valence electrons. The van der Waals surface area contributed by atoms with Gasteiger partial charge < -0.3 is 0 Å². The maximum absolute atomic E-state index is 13.1. The van der Waals surface area contributed by atoms with Crippen molar-refractivity contribution in [3.05, 3.63) is 42.7 Å². The zero-order valence-corrected chi connectivity index (χ0v) is 9.23. The number of halogens is 1. The molecule has 0 aliphatic rings. The largest absolute Gasteiger partial charge is 0.299 e. The molecule has 0 fully saturated rings. The van der Waals surface area contributed by atoms with Crippen LogP contribution in [0.25, 0.3) is 0 Å². The maximum atomic E-state index is 13.1. The van der Waals surface area contributed by atoms with Gasteiger partial charge in [0.05, 0.1) is 5.75 Å². The molecule has 0 radical (unpaired) electrons. The van der Waals surface area contributed by atoms with Crippen LogP contribution in [-0.2, 0) is 4.79 Å². The van der Waals surface area contributed by atoms with Gasteiger partial charge in [0.15, 0.2) is 0 Å². The van der Waals surface area contributed by atoms with Gasteiger partial charge in [-0.1, -0.05) is 18.2 Å². The zero-order valence-electron chi connectivity index (χ0n) is 8.41. The number of hydrogen-bond donors (Lipinski definition) is 0. The van der Waals surface area contributed by atoms with E-state index in [0.29, 0.717) is 23.5 Å². The van der Waals surface area contributed by atoms with E-state index in [1.807, 2.05) is 0 Å². The van der Waals surface area contributed by atoms with Crippen molar-refractivity contribution in [2.45, 2.75) is 17.7 Å². The summed E-state index contributed by atoms with van der Waals surface area (Å²) in [6.45, 7) is 3.55. The predicted molar refractivity (Wildman–Crippen MR) is 61.6 cm³/mol. The first kappa shape index (κ1) is 12.0. The second kappa shape index (κ2) is 6.40. The summed E-state index contributed by atoms with van der Waals surface area (Å²) >= 11 is 1.25. The first-order chi connectivity index (χ1) is 7.24. The van der Waals surface area contributed by atoms with Gasteiger partial charge in [-0.25, -0.2) is 4.39 Å². The quantitative estimate of drug-likeness (QED) is 0.544. The second-order valence-corrected chi connectivity index (χ2v) is 4.10. The van der Waals surface area contributed by atoms with E-state index in [1.165, 1.54) is 17.8 Å². The summed E-state index contributed by atoms with van der Waals surface area (Å²) in [6, 6.07) is 6.48. The molecule has 0 N–H and O–H groups in total. The SMILES string of the molecule is C=CCCC(=O)CSc1ccccc1F. The number of hydrogen-bond acceptors (Lipinski definition) is 2. The molecule has 0 spiro atoms. The van der Waals surface area contributed by atoms with Gasteiger partial charge in [0, 0.05) is 11.3 Å². The number of benzene rings is 1. The molecule has 0 amide bonds. The van der Waals surface area contributed by atoms with Crippen LogP contribution in [0.15, 0.2) is 41.8 Å². The molecule has 15 heavy (non-hydrogen) atoms. The predicted octanol–water partition coefficient (Wildman–Crippen LogP) is 3.45. The van der Waals surface area contributed by atoms with Crippen molar-refractivity contribution in [2.24, 2.45) is 0 Å². The summed E-state index contributed by atoms with van der Waals surface area (Å²) in [6.07, 6.45) is 2.90. The molecule has 0 aliphatic carbocycles. The second-order valence-electron chi connectivity index (χ2n) is 3.09. The Morgan fingerprint density at radius 1 is 1.47 bits per heavy atom. The van der Waals surface area contributed by atoms with E-state index in [0.717, 1.165) is 0 Å². The van der Waals surface area contributed by atoms with Crippen molar-refractivity contribution >= 4 is 17.5 Å². The lowest BCUT2D eigenvalue weighted by Crippen LogP contribution is -2.00.